The molecule has 104 valence electrons. The van der Waals surface area contributed by atoms with Crippen LogP contribution in [0, 0.1) is 6.92 Å². The summed E-state index contributed by atoms with van der Waals surface area (Å²) in [7, 11) is 0. The van der Waals surface area contributed by atoms with Crippen LogP contribution in [0.1, 0.15) is 29.1 Å². The first-order chi connectivity index (χ1) is 8.93. The smallest absolute Gasteiger partial charge is 0.348 e. The van der Waals surface area contributed by atoms with Gasteiger partial charge >= 0.3 is 5.97 Å². The molecular formula is C12H15NO4S2. The number of carbonyl (C=O) groups is 3. The van der Waals surface area contributed by atoms with Gasteiger partial charge in [-0.1, -0.05) is 11.8 Å². The maximum absolute atomic E-state index is 11.6. The molecule has 1 aromatic rings. The average molecular weight is 301 g/mol. The van der Waals surface area contributed by atoms with Crippen LogP contribution in [0.4, 0.5) is 5.00 Å². The van der Waals surface area contributed by atoms with E-state index in [1.165, 1.54) is 18.3 Å². The zero-order chi connectivity index (χ0) is 14.4. The Morgan fingerprint density at radius 1 is 1.42 bits per heavy atom. The topological polar surface area (TPSA) is 72.5 Å². The van der Waals surface area contributed by atoms with E-state index < -0.39 is 0 Å². The Hall–Kier alpha value is -1.34. The minimum atomic E-state index is -0.386. The van der Waals surface area contributed by atoms with Gasteiger partial charge in [0.1, 0.15) is 4.88 Å². The fourth-order valence-electron chi connectivity index (χ4n) is 1.28. The van der Waals surface area contributed by atoms with Crippen molar-refractivity contribution in [2.45, 2.75) is 20.8 Å². The highest BCUT2D eigenvalue weighted by Crippen LogP contribution is 2.27. The standard InChI is InChI=1S/C12H15NO4S2/c1-4-17-12(16)11-7(2)5-10(19-11)13-9(15)6-18-8(3)14/h5H,4,6H2,1-3H3,(H,13,15). The van der Waals surface area contributed by atoms with Gasteiger partial charge in [0.15, 0.2) is 5.12 Å². The summed E-state index contributed by atoms with van der Waals surface area (Å²) in [4.78, 5) is 34.4. The number of hydrogen-bond donors (Lipinski definition) is 1. The molecule has 0 unspecified atom stereocenters. The molecule has 0 aromatic carbocycles. The number of nitrogens with one attached hydrogen (secondary N) is 1. The molecule has 0 aliphatic heterocycles. The van der Waals surface area contributed by atoms with Crippen LogP contribution in [-0.4, -0.2) is 29.4 Å². The van der Waals surface area contributed by atoms with Gasteiger partial charge in [0.25, 0.3) is 0 Å². The van der Waals surface area contributed by atoms with Gasteiger partial charge in [0, 0.05) is 6.92 Å². The van der Waals surface area contributed by atoms with Crippen molar-refractivity contribution in [3.63, 3.8) is 0 Å². The van der Waals surface area contributed by atoms with Gasteiger partial charge in [-0.2, -0.15) is 0 Å². The van der Waals surface area contributed by atoms with Crippen molar-refractivity contribution in [2.24, 2.45) is 0 Å². The predicted octanol–water partition coefficient (Wildman–Crippen LogP) is 2.45. The molecule has 1 amide bonds. The molecule has 1 N–H and O–H groups in total. The van der Waals surface area contributed by atoms with Crippen LogP contribution < -0.4 is 5.32 Å². The molecule has 0 spiro atoms. The Balaban J connectivity index is 2.65. The van der Waals surface area contributed by atoms with Crippen molar-refractivity contribution < 1.29 is 19.1 Å². The molecule has 0 saturated heterocycles. The van der Waals surface area contributed by atoms with E-state index in [4.69, 9.17) is 4.74 Å². The molecule has 7 heteroatoms. The number of thiophene rings is 1. The van der Waals surface area contributed by atoms with Crippen molar-refractivity contribution >= 4 is 45.1 Å². The second-order valence-corrected chi connectivity index (χ2v) is 5.88. The first kappa shape index (κ1) is 15.7. The lowest BCUT2D eigenvalue weighted by molar-refractivity contribution is -0.114. The Morgan fingerprint density at radius 3 is 2.68 bits per heavy atom. The van der Waals surface area contributed by atoms with E-state index in [2.05, 4.69) is 5.32 Å². The summed E-state index contributed by atoms with van der Waals surface area (Å²) in [6, 6.07) is 1.72. The molecule has 0 aliphatic rings. The maximum atomic E-state index is 11.6. The molecule has 0 bridgehead atoms. The van der Waals surface area contributed by atoms with Gasteiger partial charge in [0.2, 0.25) is 5.91 Å². The Kier molecular flexibility index (Phi) is 6.04. The number of amides is 1. The van der Waals surface area contributed by atoms with Crippen LogP contribution in [0.3, 0.4) is 0 Å². The van der Waals surface area contributed by atoms with Crippen molar-refractivity contribution in [3.8, 4) is 0 Å². The molecule has 1 aromatic heterocycles. The third kappa shape index (κ3) is 5.04. The molecule has 19 heavy (non-hydrogen) atoms. The van der Waals surface area contributed by atoms with Crippen LogP contribution in [0.5, 0.6) is 0 Å². The van der Waals surface area contributed by atoms with Crippen molar-refractivity contribution in [3.05, 3.63) is 16.5 Å². The number of carbonyl (C=O) groups excluding carboxylic acids is 3. The van der Waals surface area contributed by atoms with Gasteiger partial charge in [-0.25, -0.2) is 4.79 Å². The van der Waals surface area contributed by atoms with E-state index in [0.29, 0.717) is 16.5 Å². The highest BCUT2D eigenvalue weighted by molar-refractivity contribution is 8.14. The quantitative estimate of drug-likeness (QED) is 0.846. The van der Waals surface area contributed by atoms with Crippen LogP contribution >= 0.6 is 23.1 Å². The van der Waals surface area contributed by atoms with E-state index in [0.717, 1.165) is 17.3 Å². The fourth-order valence-corrected chi connectivity index (χ4v) is 2.67. The van der Waals surface area contributed by atoms with Gasteiger partial charge < -0.3 is 10.1 Å². The largest absolute Gasteiger partial charge is 0.462 e. The lowest BCUT2D eigenvalue weighted by atomic mass is 10.3. The normalized spacial score (nSPS) is 10.1. The molecule has 5 nitrogen and oxygen atoms in total. The molecular weight excluding hydrogens is 286 g/mol. The number of esters is 1. The molecule has 0 radical (unpaired) electrons. The second kappa shape index (κ2) is 7.30. The van der Waals surface area contributed by atoms with Gasteiger partial charge in [-0.15, -0.1) is 11.3 Å². The third-order valence-electron chi connectivity index (χ3n) is 2.05. The second-order valence-electron chi connectivity index (χ2n) is 3.67. The summed E-state index contributed by atoms with van der Waals surface area (Å²) in [6.45, 7) is 5.24. The summed E-state index contributed by atoms with van der Waals surface area (Å²) >= 11 is 2.12. The van der Waals surface area contributed by atoms with Gasteiger partial charge in [0.05, 0.1) is 17.4 Å². The van der Waals surface area contributed by atoms with Crippen molar-refractivity contribution in [1.29, 1.82) is 0 Å². The molecule has 1 heterocycles. The molecule has 0 saturated carbocycles. The molecule has 0 aliphatic carbocycles. The Labute approximate surface area is 119 Å². The SMILES string of the molecule is CCOC(=O)c1sc(NC(=O)CSC(C)=O)cc1C. The number of thioether (sulfide) groups is 1. The summed E-state index contributed by atoms with van der Waals surface area (Å²) in [6.07, 6.45) is 0. The predicted molar refractivity (Wildman–Crippen MR) is 76.8 cm³/mol. The summed E-state index contributed by atoms with van der Waals surface area (Å²) < 4.78 is 4.92. The average Bonchev–Trinajstić information content (AvgIpc) is 2.68. The molecule has 1 rings (SSSR count). The number of anilines is 1. The summed E-state index contributed by atoms with van der Waals surface area (Å²) in [5, 5.41) is 3.13. The number of rotatable bonds is 5. The summed E-state index contributed by atoms with van der Waals surface area (Å²) in [5.41, 5.74) is 0.762. The van der Waals surface area contributed by atoms with Crippen molar-refractivity contribution in [1.82, 2.24) is 0 Å². The van der Waals surface area contributed by atoms with E-state index in [1.54, 1.807) is 19.9 Å². The highest BCUT2D eigenvalue weighted by Gasteiger charge is 2.15. The minimum Gasteiger partial charge on any atom is -0.462 e. The van der Waals surface area contributed by atoms with Gasteiger partial charge in [-0.05, 0) is 25.5 Å². The van der Waals surface area contributed by atoms with E-state index >= 15 is 0 Å². The lowest BCUT2D eigenvalue weighted by Crippen LogP contribution is -2.13. The Morgan fingerprint density at radius 2 is 2.11 bits per heavy atom. The van der Waals surface area contributed by atoms with Crippen LogP contribution in [-0.2, 0) is 14.3 Å². The molecule has 0 fully saturated rings. The monoisotopic (exact) mass is 301 g/mol. The number of ether oxygens (including phenoxy) is 1. The minimum absolute atomic E-state index is 0.0705. The zero-order valence-corrected chi connectivity index (χ0v) is 12.6. The van der Waals surface area contributed by atoms with E-state index in [-0.39, 0.29) is 22.7 Å². The van der Waals surface area contributed by atoms with Crippen LogP contribution in [0.2, 0.25) is 0 Å². The zero-order valence-electron chi connectivity index (χ0n) is 10.9. The maximum Gasteiger partial charge on any atom is 0.348 e. The molecule has 0 atom stereocenters. The van der Waals surface area contributed by atoms with Gasteiger partial charge in [-0.3, -0.25) is 9.59 Å². The van der Waals surface area contributed by atoms with Crippen LogP contribution in [0.15, 0.2) is 6.07 Å². The van der Waals surface area contributed by atoms with E-state index in [9.17, 15) is 14.4 Å². The fraction of sp³-hybridized carbons (Fsp3) is 0.417. The first-order valence-electron chi connectivity index (χ1n) is 5.64. The van der Waals surface area contributed by atoms with Crippen molar-refractivity contribution in [2.75, 3.05) is 17.7 Å². The number of hydrogen-bond acceptors (Lipinski definition) is 6. The lowest BCUT2D eigenvalue weighted by Gasteiger charge is -2.00. The Bertz CT molecular complexity index is 496. The number of aryl methyl sites for hydroxylation is 1. The van der Waals surface area contributed by atoms with E-state index in [1.807, 2.05) is 0 Å². The summed E-state index contributed by atoms with van der Waals surface area (Å²) in [5.74, 6) is -0.582. The first-order valence-corrected chi connectivity index (χ1v) is 7.45. The highest BCUT2D eigenvalue weighted by atomic mass is 32.2. The third-order valence-corrected chi connectivity index (χ3v) is 3.99. The van der Waals surface area contributed by atoms with Crippen LogP contribution in [0.25, 0.3) is 0 Å².